The van der Waals surface area contributed by atoms with E-state index in [9.17, 15) is 14.8 Å². The summed E-state index contributed by atoms with van der Waals surface area (Å²) in [6.45, 7) is 2.35. The molecule has 0 aliphatic heterocycles. The van der Waals surface area contributed by atoms with E-state index in [4.69, 9.17) is 4.74 Å². The van der Waals surface area contributed by atoms with Crippen molar-refractivity contribution >= 4 is 22.7 Å². The van der Waals surface area contributed by atoms with Gasteiger partial charge in [-0.25, -0.2) is 5.48 Å². The molecule has 1 aliphatic rings. The monoisotopic (exact) mass is 476 g/mol. The number of rotatable bonds is 7. The number of amides is 2. The summed E-state index contributed by atoms with van der Waals surface area (Å²) in [6, 6.07) is 16.6. The zero-order valence-electron chi connectivity index (χ0n) is 20.3. The molecular weight excluding hydrogens is 444 g/mol. The van der Waals surface area contributed by atoms with Crippen LogP contribution in [0.4, 0.5) is 0 Å². The molecule has 8 heteroatoms. The van der Waals surface area contributed by atoms with Crippen molar-refractivity contribution in [2.45, 2.75) is 44.9 Å². The van der Waals surface area contributed by atoms with E-state index in [1.807, 2.05) is 56.3 Å². The van der Waals surface area contributed by atoms with Crippen molar-refractivity contribution in [3.05, 3.63) is 71.4 Å². The number of hydrogen-bond donors (Lipinski definition) is 3. The quantitative estimate of drug-likeness (QED) is 0.356. The molecule has 1 heterocycles. The van der Waals surface area contributed by atoms with Crippen molar-refractivity contribution in [3.8, 4) is 5.75 Å². The SMILES string of the molecule is Cc1cc(COc2ccc(C(=O)NC3C(N(C)C)CCC[C@@H]3C(=O)NO)cc2)c2ccccc2n1. The average Bonchev–Trinajstić information content (AvgIpc) is 2.86. The first kappa shape index (κ1) is 24.6. The summed E-state index contributed by atoms with van der Waals surface area (Å²) in [5, 5.41) is 13.3. The van der Waals surface area contributed by atoms with E-state index in [2.05, 4.69) is 10.3 Å². The number of aryl methyl sites for hydroxylation is 1. The van der Waals surface area contributed by atoms with Gasteiger partial charge in [0.15, 0.2) is 0 Å². The molecule has 2 amide bonds. The van der Waals surface area contributed by atoms with Crippen LogP contribution in [0.25, 0.3) is 10.9 Å². The number of carbonyl (C=O) groups excluding carboxylic acids is 2. The maximum Gasteiger partial charge on any atom is 0.251 e. The molecule has 0 spiro atoms. The highest BCUT2D eigenvalue weighted by Gasteiger charge is 2.39. The Morgan fingerprint density at radius 1 is 1.11 bits per heavy atom. The summed E-state index contributed by atoms with van der Waals surface area (Å²) in [4.78, 5) is 31.9. The number of aromatic nitrogens is 1. The number of likely N-dealkylation sites (N-methyl/N-ethyl adjacent to an activating group) is 1. The molecule has 0 bridgehead atoms. The van der Waals surface area contributed by atoms with Crippen LogP contribution < -0.4 is 15.5 Å². The van der Waals surface area contributed by atoms with Gasteiger partial charge in [0.2, 0.25) is 5.91 Å². The molecule has 35 heavy (non-hydrogen) atoms. The molecule has 1 aliphatic carbocycles. The van der Waals surface area contributed by atoms with Crippen molar-refractivity contribution in [1.82, 2.24) is 20.7 Å². The molecule has 3 atom stereocenters. The fourth-order valence-corrected chi connectivity index (χ4v) is 4.94. The minimum atomic E-state index is -0.494. The fourth-order valence-electron chi connectivity index (χ4n) is 4.94. The van der Waals surface area contributed by atoms with Crippen LogP contribution >= 0.6 is 0 Å². The summed E-state index contributed by atoms with van der Waals surface area (Å²) in [5.41, 5.74) is 5.16. The maximum absolute atomic E-state index is 13.0. The Bertz CT molecular complexity index is 1200. The topological polar surface area (TPSA) is 104 Å². The van der Waals surface area contributed by atoms with E-state index in [-0.39, 0.29) is 11.9 Å². The van der Waals surface area contributed by atoms with Crippen LogP contribution in [0, 0.1) is 12.8 Å². The summed E-state index contributed by atoms with van der Waals surface area (Å²) < 4.78 is 6.00. The molecule has 1 aromatic heterocycles. The van der Waals surface area contributed by atoms with Gasteiger partial charge in [-0.2, -0.15) is 0 Å². The highest BCUT2D eigenvalue weighted by atomic mass is 16.5. The lowest BCUT2D eigenvalue weighted by atomic mass is 9.79. The van der Waals surface area contributed by atoms with Crippen LogP contribution in [-0.4, -0.2) is 53.1 Å². The Labute approximate surface area is 205 Å². The fraction of sp³-hybridized carbons (Fsp3) is 0.370. The third-order valence-electron chi connectivity index (χ3n) is 6.71. The van der Waals surface area contributed by atoms with Gasteiger partial charge in [-0.05, 0) is 70.3 Å². The van der Waals surface area contributed by atoms with Gasteiger partial charge >= 0.3 is 0 Å². The third kappa shape index (κ3) is 5.61. The van der Waals surface area contributed by atoms with Gasteiger partial charge in [-0.15, -0.1) is 0 Å². The molecule has 8 nitrogen and oxygen atoms in total. The Hall–Kier alpha value is -3.49. The van der Waals surface area contributed by atoms with Crippen molar-refractivity contribution in [2.24, 2.45) is 5.92 Å². The van der Waals surface area contributed by atoms with Crippen molar-refractivity contribution in [3.63, 3.8) is 0 Å². The van der Waals surface area contributed by atoms with E-state index in [1.165, 1.54) is 0 Å². The standard InChI is InChI=1S/C27H32N4O4/c1-17-15-19(21-7-4-5-9-23(21)28-17)16-35-20-13-11-18(12-14-20)26(32)29-25-22(27(33)30-34)8-6-10-24(25)31(2)3/h4-5,7,9,11-15,22,24-25,34H,6,8,10,16H2,1-3H3,(H,29,32)(H,30,33)/t22-,24?,25?/m0/s1. The number of hydroxylamine groups is 1. The second-order valence-electron chi connectivity index (χ2n) is 9.30. The van der Waals surface area contributed by atoms with Crippen LogP contribution in [0.3, 0.4) is 0 Å². The lowest BCUT2D eigenvalue weighted by Gasteiger charge is -2.40. The minimum Gasteiger partial charge on any atom is -0.489 e. The smallest absolute Gasteiger partial charge is 0.251 e. The Balaban J connectivity index is 1.44. The molecule has 0 saturated heterocycles. The van der Waals surface area contributed by atoms with Gasteiger partial charge in [0.05, 0.1) is 17.5 Å². The normalized spacial score (nSPS) is 20.0. The van der Waals surface area contributed by atoms with Crippen LogP contribution in [0.5, 0.6) is 5.75 Å². The highest BCUT2D eigenvalue weighted by molar-refractivity contribution is 5.95. The van der Waals surface area contributed by atoms with Crippen molar-refractivity contribution < 1.29 is 19.5 Å². The second kappa shape index (κ2) is 10.8. The van der Waals surface area contributed by atoms with E-state index >= 15 is 0 Å². The van der Waals surface area contributed by atoms with Crippen LogP contribution in [-0.2, 0) is 11.4 Å². The van der Waals surface area contributed by atoms with Gasteiger partial charge in [-0.1, -0.05) is 24.6 Å². The Kier molecular flexibility index (Phi) is 7.63. The summed E-state index contributed by atoms with van der Waals surface area (Å²) in [7, 11) is 3.87. The van der Waals surface area contributed by atoms with Crippen LogP contribution in [0.2, 0.25) is 0 Å². The molecule has 0 radical (unpaired) electrons. The predicted molar refractivity (Wildman–Crippen MR) is 133 cm³/mol. The Morgan fingerprint density at radius 3 is 2.57 bits per heavy atom. The first-order valence-corrected chi connectivity index (χ1v) is 11.9. The molecule has 1 fully saturated rings. The first-order chi connectivity index (χ1) is 16.9. The highest BCUT2D eigenvalue weighted by Crippen LogP contribution is 2.28. The number of fused-ring (bicyclic) bond motifs is 1. The summed E-state index contributed by atoms with van der Waals surface area (Å²) in [5.74, 6) is -0.570. The van der Waals surface area contributed by atoms with Crippen LogP contribution in [0.1, 0.15) is 40.9 Å². The molecule has 3 N–H and O–H groups in total. The third-order valence-corrected chi connectivity index (χ3v) is 6.71. The van der Waals surface area contributed by atoms with Crippen LogP contribution in [0.15, 0.2) is 54.6 Å². The van der Waals surface area contributed by atoms with Crippen molar-refractivity contribution in [2.75, 3.05) is 14.1 Å². The van der Waals surface area contributed by atoms with E-state index in [0.717, 1.165) is 35.0 Å². The first-order valence-electron chi connectivity index (χ1n) is 11.9. The van der Waals surface area contributed by atoms with E-state index in [1.54, 1.807) is 29.7 Å². The number of para-hydroxylation sites is 1. The van der Waals surface area contributed by atoms with Gasteiger partial charge in [0.25, 0.3) is 5.91 Å². The average molecular weight is 477 g/mol. The largest absolute Gasteiger partial charge is 0.489 e. The predicted octanol–water partition coefficient (Wildman–Crippen LogP) is 3.46. The number of ether oxygens (including phenoxy) is 1. The zero-order chi connectivity index (χ0) is 24.9. The van der Waals surface area contributed by atoms with E-state index < -0.39 is 17.9 Å². The van der Waals surface area contributed by atoms with Gasteiger partial charge in [0, 0.05) is 28.2 Å². The summed E-state index contributed by atoms with van der Waals surface area (Å²) in [6.07, 6.45) is 2.33. The van der Waals surface area contributed by atoms with Gasteiger partial charge in [0.1, 0.15) is 12.4 Å². The number of pyridine rings is 1. The number of nitrogens with one attached hydrogen (secondary N) is 2. The minimum absolute atomic E-state index is 0.00347. The maximum atomic E-state index is 13.0. The van der Waals surface area contributed by atoms with E-state index in [0.29, 0.717) is 24.3 Å². The molecule has 184 valence electrons. The van der Waals surface area contributed by atoms with Gasteiger partial charge < -0.3 is 15.0 Å². The molecular formula is C27H32N4O4. The molecule has 2 aromatic carbocycles. The summed E-state index contributed by atoms with van der Waals surface area (Å²) >= 11 is 0. The molecule has 1 saturated carbocycles. The lowest BCUT2D eigenvalue weighted by Crippen LogP contribution is -2.58. The molecule has 3 aromatic rings. The molecule has 4 rings (SSSR count). The molecule has 2 unspecified atom stereocenters. The van der Waals surface area contributed by atoms with Gasteiger partial charge in [-0.3, -0.25) is 19.8 Å². The Morgan fingerprint density at radius 2 is 1.86 bits per heavy atom. The number of carbonyl (C=O) groups is 2. The number of benzene rings is 2. The number of hydrogen-bond acceptors (Lipinski definition) is 6. The lowest BCUT2D eigenvalue weighted by molar-refractivity contribution is -0.136. The van der Waals surface area contributed by atoms with Crippen molar-refractivity contribution in [1.29, 1.82) is 0 Å². The number of nitrogens with zero attached hydrogens (tertiary/aromatic N) is 2. The zero-order valence-corrected chi connectivity index (χ0v) is 20.3. The second-order valence-corrected chi connectivity index (χ2v) is 9.30.